The summed E-state index contributed by atoms with van der Waals surface area (Å²) in [6.07, 6.45) is 9.43. The molecule has 0 aliphatic rings. The average Bonchev–Trinajstić information content (AvgIpc) is 2.42. The van der Waals surface area contributed by atoms with Crippen molar-refractivity contribution < 1.29 is 5.11 Å². The van der Waals surface area contributed by atoms with E-state index < -0.39 is 0 Å². The third-order valence-corrected chi connectivity index (χ3v) is 3.25. The summed E-state index contributed by atoms with van der Waals surface area (Å²) in [5.74, 6) is 0. The Morgan fingerprint density at radius 3 is 2.11 bits per heavy atom. The van der Waals surface area contributed by atoms with Crippen LogP contribution in [0, 0.1) is 0 Å². The number of benzene rings is 1. The molecule has 0 amide bonds. The minimum Gasteiger partial charge on any atom is -0.392 e. The zero-order valence-electron chi connectivity index (χ0n) is 11.6. The predicted molar refractivity (Wildman–Crippen MR) is 78.8 cm³/mol. The van der Waals surface area contributed by atoms with Crippen LogP contribution in [0.3, 0.4) is 0 Å². The van der Waals surface area contributed by atoms with Crippen LogP contribution >= 0.6 is 0 Å². The molecular weight excluding hydrogens is 222 g/mol. The first-order chi connectivity index (χ1) is 8.86. The van der Waals surface area contributed by atoms with E-state index in [-0.39, 0.29) is 6.61 Å². The number of rotatable bonds is 10. The zero-order valence-corrected chi connectivity index (χ0v) is 11.6. The lowest BCUT2D eigenvalue weighted by Crippen LogP contribution is -2.01. The molecule has 0 saturated heterocycles. The van der Waals surface area contributed by atoms with Crippen LogP contribution in [0.25, 0.3) is 0 Å². The highest BCUT2D eigenvalue weighted by molar-refractivity contribution is 5.44. The van der Waals surface area contributed by atoms with Gasteiger partial charge in [0.25, 0.3) is 0 Å². The molecule has 1 aromatic rings. The summed E-state index contributed by atoms with van der Waals surface area (Å²) in [7, 11) is 0. The second-order valence-electron chi connectivity index (χ2n) is 4.90. The van der Waals surface area contributed by atoms with Crippen molar-refractivity contribution in [3.63, 3.8) is 0 Å². The van der Waals surface area contributed by atoms with Gasteiger partial charge in [-0.2, -0.15) is 0 Å². The molecular formula is C16H27NO. The normalized spacial score (nSPS) is 10.6. The highest BCUT2D eigenvalue weighted by Crippen LogP contribution is 2.11. The molecule has 0 heterocycles. The van der Waals surface area contributed by atoms with Crippen molar-refractivity contribution >= 4 is 5.69 Å². The fraction of sp³-hybridized carbons (Fsp3) is 0.625. The van der Waals surface area contributed by atoms with E-state index >= 15 is 0 Å². The lowest BCUT2D eigenvalue weighted by Gasteiger charge is -2.07. The first kappa shape index (κ1) is 15.0. The maximum atomic E-state index is 8.94. The summed E-state index contributed by atoms with van der Waals surface area (Å²) in [4.78, 5) is 0. The van der Waals surface area contributed by atoms with Crippen molar-refractivity contribution in [1.29, 1.82) is 0 Å². The van der Waals surface area contributed by atoms with Crippen molar-refractivity contribution in [2.75, 3.05) is 11.9 Å². The first-order valence-corrected chi connectivity index (χ1v) is 7.30. The molecule has 1 aromatic carbocycles. The number of unbranched alkanes of at least 4 members (excludes halogenated alkanes) is 6. The lowest BCUT2D eigenvalue weighted by molar-refractivity contribution is 0.282. The van der Waals surface area contributed by atoms with Gasteiger partial charge in [-0.1, -0.05) is 57.6 Å². The van der Waals surface area contributed by atoms with Gasteiger partial charge in [0.2, 0.25) is 0 Å². The van der Waals surface area contributed by atoms with Gasteiger partial charge in [0, 0.05) is 12.2 Å². The summed E-state index contributed by atoms with van der Waals surface area (Å²) in [6, 6.07) is 8.00. The molecule has 0 spiro atoms. The molecule has 0 saturated carbocycles. The van der Waals surface area contributed by atoms with E-state index in [1.54, 1.807) is 0 Å². The monoisotopic (exact) mass is 249 g/mol. The molecule has 1 rings (SSSR count). The number of nitrogens with one attached hydrogen (secondary N) is 1. The largest absolute Gasteiger partial charge is 0.392 e. The third-order valence-electron chi connectivity index (χ3n) is 3.25. The molecule has 0 fully saturated rings. The van der Waals surface area contributed by atoms with Crippen LogP contribution in [0.15, 0.2) is 24.3 Å². The summed E-state index contributed by atoms with van der Waals surface area (Å²) in [5.41, 5.74) is 2.12. The summed E-state index contributed by atoms with van der Waals surface area (Å²) in [6.45, 7) is 3.43. The van der Waals surface area contributed by atoms with Gasteiger partial charge in [-0.15, -0.1) is 0 Å². The maximum absolute atomic E-state index is 8.94. The highest BCUT2D eigenvalue weighted by Gasteiger charge is 1.94. The molecule has 0 unspecified atom stereocenters. The van der Waals surface area contributed by atoms with E-state index in [1.165, 1.54) is 44.9 Å². The fourth-order valence-electron chi connectivity index (χ4n) is 2.04. The van der Waals surface area contributed by atoms with Crippen molar-refractivity contribution in [3.05, 3.63) is 29.8 Å². The second kappa shape index (κ2) is 9.95. The minimum absolute atomic E-state index is 0.123. The highest BCUT2D eigenvalue weighted by atomic mass is 16.3. The second-order valence-corrected chi connectivity index (χ2v) is 4.90. The van der Waals surface area contributed by atoms with Gasteiger partial charge in [0.05, 0.1) is 6.61 Å². The fourth-order valence-corrected chi connectivity index (χ4v) is 2.04. The van der Waals surface area contributed by atoms with E-state index in [1.807, 2.05) is 24.3 Å². The molecule has 0 aliphatic heterocycles. The molecule has 0 aliphatic carbocycles. The third kappa shape index (κ3) is 6.65. The molecule has 2 N–H and O–H groups in total. The topological polar surface area (TPSA) is 32.3 Å². The Balaban J connectivity index is 2.00. The Labute approximate surface area is 111 Å². The van der Waals surface area contributed by atoms with E-state index in [9.17, 15) is 0 Å². The number of aliphatic hydroxyl groups excluding tert-OH is 1. The summed E-state index contributed by atoms with van der Waals surface area (Å²) in [5, 5.41) is 12.4. The molecule has 0 bridgehead atoms. The average molecular weight is 249 g/mol. The van der Waals surface area contributed by atoms with Crippen LogP contribution in [-0.4, -0.2) is 11.7 Å². The van der Waals surface area contributed by atoms with E-state index in [4.69, 9.17) is 5.11 Å². The first-order valence-electron chi connectivity index (χ1n) is 7.30. The van der Waals surface area contributed by atoms with Gasteiger partial charge < -0.3 is 10.4 Å². The molecule has 0 aromatic heterocycles. The van der Waals surface area contributed by atoms with Crippen LogP contribution in [0.5, 0.6) is 0 Å². The molecule has 2 heteroatoms. The molecule has 102 valence electrons. The smallest absolute Gasteiger partial charge is 0.0681 e. The minimum atomic E-state index is 0.123. The van der Waals surface area contributed by atoms with Crippen molar-refractivity contribution in [2.24, 2.45) is 0 Å². The standard InChI is InChI=1S/C16H27NO/c1-2-3-4-5-6-7-8-13-17-16-11-9-15(14-18)10-12-16/h9-12,17-18H,2-8,13-14H2,1H3. The van der Waals surface area contributed by atoms with E-state index in [0.717, 1.165) is 17.8 Å². The quantitative estimate of drug-likeness (QED) is 0.604. The maximum Gasteiger partial charge on any atom is 0.0681 e. The molecule has 0 atom stereocenters. The SMILES string of the molecule is CCCCCCCCCNc1ccc(CO)cc1. The molecule has 2 nitrogen and oxygen atoms in total. The van der Waals surface area contributed by atoms with Crippen LogP contribution < -0.4 is 5.32 Å². The Hall–Kier alpha value is -1.02. The predicted octanol–water partition coefficient (Wildman–Crippen LogP) is 4.34. The van der Waals surface area contributed by atoms with Crippen LogP contribution in [0.4, 0.5) is 5.69 Å². The van der Waals surface area contributed by atoms with Crippen molar-refractivity contribution in [3.8, 4) is 0 Å². The Morgan fingerprint density at radius 2 is 1.50 bits per heavy atom. The summed E-state index contributed by atoms with van der Waals surface area (Å²) < 4.78 is 0. The van der Waals surface area contributed by atoms with Gasteiger partial charge >= 0.3 is 0 Å². The number of hydrogen-bond donors (Lipinski definition) is 2. The number of aliphatic hydroxyl groups is 1. The summed E-state index contributed by atoms with van der Waals surface area (Å²) >= 11 is 0. The molecule has 18 heavy (non-hydrogen) atoms. The van der Waals surface area contributed by atoms with Gasteiger partial charge in [-0.3, -0.25) is 0 Å². The molecule has 0 radical (unpaired) electrons. The van der Waals surface area contributed by atoms with Gasteiger partial charge in [0.15, 0.2) is 0 Å². The Morgan fingerprint density at radius 1 is 0.889 bits per heavy atom. The van der Waals surface area contributed by atoms with Crippen molar-refractivity contribution in [1.82, 2.24) is 0 Å². The number of hydrogen-bond acceptors (Lipinski definition) is 2. The van der Waals surface area contributed by atoms with Crippen molar-refractivity contribution in [2.45, 2.75) is 58.5 Å². The van der Waals surface area contributed by atoms with Crippen LogP contribution in [0.2, 0.25) is 0 Å². The Bertz CT molecular complexity index is 294. The lowest BCUT2D eigenvalue weighted by atomic mass is 10.1. The number of anilines is 1. The van der Waals surface area contributed by atoms with Gasteiger partial charge in [0.1, 0.15) is 0 Å². The van der Waals surface area contributed by atoms with Gasteiger partial charge in [-0.25, -0.2) is 0 Å². The Kier molecular flexibility index (Phi) is 8.32. The van der Waals surface area contributed by atoms with Gasteiger partial charge in [-0.05, 0) is 24.1 Å². The zero-order chi connectivity index (χ0) is 13.1. The van der Waals surface area contributed by atoms with E-state index in [0.29, 0.717) is 0 Å². The van der Waals surface area contributed by atoms with Crippen LogP contribution in [0.1, 0.15) is 57.4 Å². The van der Waals surface area contributed by atoms with Crippen LogP contribution in [-0.2, 0) is 6.61 Å². The van der Waals surface area contributed by atoms with E-state index in [2.05, 4.69) is 12.2 Å².